The van der Waals surface area contributed by atoms with Gasteiger partial charge in [-0.05, 0) is 84.5 Å². The number of ketones is 2. The third-order valence-corrected chi connectivity index (χ3v) is 7.97. The van der Waals surface area contributed by atoms with E-state index in [-0.39, 0.29) is 30.1 Å². The van der Waals surface area contributed by atoms with E-state index in [1.165, 1.54) is 43.0 Å². The van der Waals surface area contributed by atoms with Gasteiger partial charge < -0.3 is 15.2 Å². The molecule has 0 radical (unpaired) electrons. The molecule has 0 aromatic heterocycles. The minimum Gasteiger partial charge on any atom is -0.481 e. The quantitative estimate of drug-likeness (QED) is 0.126. The van der Waals surface area contributed by atoms with Crippen LogP contribution in [0.4, 0.5) is 0 Å². The Labute approximate surface area is 262 Å². The summed E-state index contributed by atoms with van der Waals surface area (Å²) in [6, 6.07) is 30.1. The van der Waals surface area contributed by atoms with E-state index in [0.29, 0.717) is 39.7 Å². The van der Waals surface area contributed by atoms with Gasteiger partial charge in [0.05, 0.1) is 6.42 Å². The first kappa shape index (κ1) is 31.1. The molecule has 0 aliphatic heterocycles. The average Bonchev–Trinajstić information content (AvgIpc) is 3.08. The Balaban J connectivity index is 1.39. The smallest absolute Gasteiger partial charge is 0.305 e. The summed E-state index contributed by atoms with van der Waals surface area (Å²) in [6.45, 7) is 0.0000578. The van der Waals surface area contributed by atoms with Crippen molar-refractivity contribution in [1.29, 1.82) is 0 Å². The highest BCUT2D eigenvalue weighted by Crippen LogP contribution is 2.33. The van der Waals surface area contributed by atoms with Gasteiger partial charge in [-0.15, -0.1) is 0 Å². The largest absolute Gasteiger partial charge is 0.481 e. The zero-order chi connectivity index (χ0) is 31.6. The van der Waals surface area contributed by atoms with Gasteiger partial charge in [-0.1, -0.05) is 73.9 Å². The lowest BCUT2D eigenvalue weighted by molar-refractivity contribution is -0.136. The third kappa shape index (κ3) is 8.42. The van der Waals surface area contributed by atoms with Crippen molar-refractivity contribution in [2.24, 2.45) is 0 Å². The second-order valence-corrected chi connectivity index (χ2v) is 11.1. The van der Waals surface area contributed by atoms with Gasteiger partial charge in [0.1, 0.15) is 11.5 Å². The number of ether oxygens (including phenoxy) is 1. The summed E-state index contributed by atoms with van der Waals surface area (Å²) in [7, 11) is 0. The van der Waals surface area contributed by atoms with Crippen LogP contribution in [0.3, 0.4) is 0 Å². The predicted molar refractivity (Wildman–Crippen MR) is 173 cm³/mol. The van der Waals surface area contributed by atoms with E-state index in [2.05, 4.69) is 17.4 Å². The van der Waals surface area contributed by atoms with Gasteiger partial charge in [0.15, 0.2) is 11.6 Å². The molecule has 0 spiro atoms. The first-order chi connectivity index (χ1) is 21.9. The standard InChI is InChI=1S/C38H35NO6/c40-35(29-19-21-33(22-20-29)45-32-9-5-2-6-10-32)25-34(28-13-11-27(12-14-28)26-7-3-1-4-8-26)37(43)30-15-17-31(18-16-30)38(44)39-24-23-36(41)42/h2,5-6,9-22,25-26H,1,3-4,7-8,23-24H2,(H,39,44)(H,41,42). The molecule has 45 heavy (non-hydrogen) atoms. The molecule has 1 amide bonds. The van der Waals surface area contributed by atoms with Crippen LogP contribution in [0, 0.1) is 0 Å². The maximum absolute atomic E-state index is 13.9. The van der Waals surface area contributed by atoms with E-state index < -0.39 is 11.9 Å². The number of aliphatic carboxylic acids is 1. The SMILES string of the molecule is O=C(O)CCNC(=O)c1ccc(C(=O)C(=CC(=O)c2ccc(Oc3ccccc3)cc2)c2ccc(C3CCCCC3)cc2)cc1. The summed E-state index contributed by atoms with van der Waals surface area (Å²) in [5.74, 6) is -0.338. The van der Waals surface area contributed by atoms with E-state index in [4.69, 9.17) is 9.84 Å². The minimum atomic E-state index is -1.01. The Bertz CT molecular complexity index is 1670. The molecule has 0 unspecified atom stereocenters. The van der Waals surface area contributed by atoms with E-state index in [9.17, 15) is 19.2 Å². The number of benzene rings is 4. The van der Waals surface area contributed by atoms with Gasteiger partial charge in [0.25, 0.3) is 5.91 Å². The number of hydrogen-bond acceptors (Lipinski definition) is 5. The Hall–Kier alpha value is -5.30. The lowest BCUT2D eigenvalue weighted by Crippen LogP contribution is -2.26. The van der Waals surface area contributed by atoms with Crippen LogP contribution in [0.15, 0.2) is 109 Å². The molecule has 1 aliphatic carbocycles. The molecule has 1 fully saturated rings. The van der Waals surface area contributed by atoms with E-state index in [1.54, 1.807) is 36.4 Å². The highest BCUT2D eigenvalue weighted by Gasteiger charge is 2.20. The van der Waals surface area contributed by atoms with Crippen LogP contribution in [0.2, 0.25) is 0 Å². The van der Waals surface area contributed by atoms with Gasteiger partial charge in [-0.25, -0.2) is 0 Å². The molecule has 0 atom stereocenters. The number of rotatable bonds is 12. The summed E-state index contributed by atoms with van der Waals surface area (Å²) < 4.78 is 5.84. The molecule has 7 heteroatoms. The second-order valence-electron chi connectivity index (χ2n) is 11.1. The number of allylic oxidation sites excluding steroid dienone is 2. The molecule has 4 aromatic rings. The van der Waals surface area contributed by atoms with Crippen molar-refractivity contribution in [2.45, 2.75) is 44.4 Å². The van der Waals surface area contributed by atoms with Crippen molar-refractivity contribution in [3.05, 3.63) is 137 Å². The molecule has 1 aliphatic rings. The third-order valence-electron chi connectivity index (χ3n) is 7.97. The summed E-state index contributed by atoms with van der Waals surface area (Å²) in [5.41, 5.74) is 3.15. The monoisotopic (exact) mass is 601 g/mol. The molecule has 4 aromatic carbocycles. The summed E-state index contributed by atoms with van der Waals surface area (Å²) >= 11 is 0. The van der Waals surface area contributed by atoms with E-state index >= 15 is 0 Å². The topological polar surface area (TPSA) is 110 Å². The normalized spacial score (nSPS) is 13.6. The van der Waals surface area contributed by atoms with Gasteiger partial charge in [0, 0.05) is 28.8 Å². The van der Waals surface area contributed by atoms with Crippen molar-refractivity contribution in [2.75, 3.05) is 6.54 Å². The first-order valence-electron chi connectivity index (χ1n) is 15.2. The van der Waals surface area contributed by atoms with Gasteiger partial charge >= 0.3 is 5.97 Å². The maximum atomic E-state index is 13.9. The number of carboxylic acids is 1. The molecular weight excluding hydrogens is 566 g/mol. The van der Waals surface area contributed by atoms with Gasteiger partial charge in [-0.3, -0.25) is 19.2 Å². The summed E-state index contributed by atoms with van der Waals surface area (Å²) in [4.78, 5) is 50.5. The maximum Gasteiger partial charge on any atom is 0.305 e. The molecule has 2 N–H and O–H groups in total. The molecule has 5 rings (SSSR count). The van der Waals surface area contributed by atoms with Gasteiger partial charge in [0.2, 0.25) is 0 Å². The van der Waals surface area contributed by atoms with Crippen molar-refractivity contribution >= 4 is 29.0 Å². The molecule has 7 nitrogen and oxygen atoms in total. The summed E-state index contributed by atoms with van der Waals surface area (Å²) in [5, 5.41) is 11.4. The number of amides is 1. The zero-order valence-electron chi connectivity index (χ0n) is 24.9. The second kappa shape index (κ2) is 14.9. The number of carbonyl (C=O) groups excluding carboxylic acids is 3. The Morgan fingerprint density at radius 3 is 1.91 bits per heavy atom. The number of nitrogens with one attached hydrogen (secondary N) is 1. The number of hydrogen-bond donors (Lipinski definition) is 2. The Morgan fingerprint density at radius 2 is 1.27 bits per heavy atom. The number of carbonyl (C=O) groups is 4. The fourth-order valence-corrected chi connectivity index (χ4v) is 5.49. The van der Waals surface area contributed by atoms with Crippen molar-refractivity contribution < 1.29 is 29.0 Å². The van der Waals surface area contributed by atoms with Crippen molar-refractivity contribution in [3.63, 3.8) is 0 Å². The van der Waals surface area contributed by atoms with Crippen LogP contribution < -0.4 is 10.1 Å². The first-order valence-corrected chi connectivity index (χ1v) is 15.2. The fraction of sp³-hybridized carbons (Fsp3) is 0.211. The number of para-hydroxylation sites is 1. The van der Waals surface area contributed by atoms with Crippen LogP contribution in [0.1, 0.15) is 86.6 Å². The van der Waals surface area contributed by atoms with Crippen LogP contribution in [0.5, 0.6) is 11.5 Å². The van der Waals surface area contributed by atoms with Crippen molar-refractivity contribution in [1.82, 2.24) is 5.32 Å². The van der Waals surface area contributed by atoms with E-state index in [1.807, 2.05) is 42.5 Å². The molecule has 0 bridgehead atoms. The highest BCUT2D eigenvalue weighted by atomic mass is 16.5. The van der Waals surface area contributed by atoms with Crippen LogP contribution in [-0.4, -0.2) is 35.1 Å². The molecule has 0 heterocycles. The number of Topliss-reactive ketones (excluding diaryl/α,β-unsaturated/α-hetero) is 1. The average molecular weight is 602 g/mol. The Kier molecular flexibility index (Phi) is 10.3. The lowest BCUT2D eigenvalue weighted by Gasteiger charge is -2.22. The van der Waals surface area contributed by atoms with Crippen LogP contribution >= 0.6 is 0 Å². The molecule has 0 saturated heterocycles. The predicted octanol–water partition coefficient (Wildman–Crippen LogP) is 7.88. The molecular formula is C38H35NO6. The highest BCUT2D eigenvalue weighted by molar-refractivity contribution is 6.32. The summed E-state index contributed by atoms with van der Waals surface area (Å²) in [6.07, 6.45) is 7.19. The molecule has 228 valence electrons. The number of carboxylic acid groups (broad SMARTS) is 1. The zero-order valence-corrected chi connectivity index (χ0v) is 24.9. The fourth-order valence-electron chi connectivity index (χ4n) is 5.49. The van der Waals surface area contributed by atoms with Crippen LogP contribution in [-0.2, 0) is 4.79 Å². The minimum absolute atomic E-state index is 0.0000578. The van der Waals surface area contributed by atoms with Gasteiger partial charge in [-0.2, -0.15) is 0 Å². The lowest BCUT2D eigenvalue weighted by atomic mass is 9.83. The molecule has 1 saturated carbocycles. The van der Waals surface area contributed by atoms with Crippen molar-refractivity contribution in [3.8, 4) is 11.5 Å². The van der Waals surface area contributed by atoms with E-state index in [0.717, 1.165) is 12.8 Å². The Morgan fingerprint density at radius 1 is 0.689 bits per heavy atom. The van der Waals surface area contributed by atoms with Crippen LogP contribution in [0.25, 0.3) is 5.57 Å².